The highest BCUT2D eigenvalue weighted by Crippen LogP contribution is 2.31. The second kappa shape index (κ2) is 6.48. The molecule has 0 aliphatic rings. The maximum atomic E-state index is 12.0. The number of benzene rings is 1. The Bertz CT molecular complexity index is 496. The van der Waals surface area contributed by atoms with Gasteiger partial charge in [-0.2, -0.15) is 0 Å². The fourth-order valence-electron chi connectivity index (χ4n) is 1.74. The molecule has 21 heavy (non-hydrogen) atoms. The maximum Gasteiger partial charge on any atom is 0.250 e. The Kier molecular flexibility index (Phi) is 5.40. The van der Waals surface area contributed by atoms with E-state index in [1.54, 1.807) is 7.11 Å². The van der Waals surface area contributed by atoms with Crippen molar-refractivity contribution < 1.29 is 14.3 Å². The van der Waals surface area contributed by atoms with Gasteiger partial charge in [-0.15, -0.1) is 0 Å². The average Bonchev–Trinajstić information content (AvgIpc) is 2.34. The zero-order valence-electron chi connectivity index (χ0n) is 14.2. The molecule has 0 aliphatic heterocycles. The van der Waals surface area contributed by atoms with Crippen LogP contribution in [-0.4, -0.2) is 25.2 Å². The van der Waals surface area contributed by atoms with E-state index in [4.69, 9.17) is 9.47 Å². The molecule has 0 aromatic heterocycles. The number of anilines is 1. The van der Waals surface area contributed by atoms with Gasteiger partial charge in [0.15, 0.2) is 0 Å². The summed E-state index contributed by atoms with van der Waals surface area (Å²) in [6.07, 6.45) is 0. The van der Waals surface area contributed by atoms with Crippen molar-refractivity contribution in [3.05, 3.63) is 23.8 Å². The van der Waals surface area contributed by atoms with Gasteiger partial charge in [-0.05, 0) is 43.9 Å². The van der Waals surface area contributed by atoms with Gasteiger partial charge in [-0.3, -0.25) is 4.79 Å². The summed E-state index contributed by atoms with van der Waals surface area (Å²) in [6.45, 7) is 12.2. The monoisotopic (exact) mass is 293 g/mol. The van der Waals surface area contributed by atoms with Gasteiger partial charge in [-0.1, -0.05) is 26.8 Å². The molecule has 1 aromatic carbocycles. The summed E-state index contributed by atoms with van der Waals surface area (Å²) in [5.41, 5.74) is 1.48. The highest BCUT2D eigenvalue weighted by atomic mass is 16.5. The summed E-state index contributed by atoms with van der Waals surface area (Å²) < 4.78 is 10.8. The lowest BCUT2D eigenvalue weighted by atomic mass is 9.87. The molecule has 0 heterocycles. The number of hydrogen-bond acceptors (Lipinski definition) is 3. The van der Waals surface area contributed by atoms with Crippen LogP contribution in [0.25, 0.3) is 0 Å². The first-order valence-corrected chi connectivity index (χ1v) is 7.15. The average molecular weight is 293 g/mol. The van der Waals surface area contributed by atoms with E-state index in [9.17, 15) is 4.79 Å². The fourth-order valence-corrected chi connectivity index (χ4v) is 1.74. The summed E-state index contributed by atoms with van der Waals surface area (Å²) in [6, 6.07) is 5.84. The van der Waals surface area contributed by atoms with Crippen LogP contribution < -0.4 is 10.1 Å². The Balaban J connectivity index is 2.88. The molecule has 0 saturated heterocycles. The Morgan fingerprint density at radius 1 is 1.14 bits per heavy atom. The third-order valence-corrected chi connectivity index (χ3v) is 2.98. The summed E-state index contributed by atoms with van der Waals surface area (Å²) >= 11 is 0. The van der Waals surface area contributed by atoms with Gasteiger partial charge in [-0.25, -0.2) is 0 Å². The zero-order chi connectivity index (χ0) is 16.3. The van der Waals surface area contributed by atoms with E-state index < -0.39 is 0 Å². The molecule has 118 valence electrons. The predicted octanol–water partition coefficient (Wildman–Crippen LogP) is 3.75. The van der Waals surface area contributed by atoms with E-state index in [1.807, 2.05) is 39.0 Å². The van der Waals surface area contributed by atoms with Crippen LogP contribution in [0.15, 0.2) is 18.2 Å². The summed E-state index contributed by atoms with van der Waals surface area (Å²) in [7, 11) is 1.59. The van der Waals surface area contributed by atoms with Crippen LogP contribution in [0.1, 0.15) is 47.1 Å². The van der Waals surface area contributed by atoms with Crippen molar-refractivity contribution in [3.8, 4) is 5.75 Å². The minimum absolute atomic E-state index is 0.00760. The van der Waals surface area contributed by atoms with Gasteiger partial charge < -0.3 is 14.8 Å². The predicted molar refractivity (Wildman–Crippen MR) is 86.0 cm³/mol. The van der Waals surface area contributed by atoms with Crippen molar-refractivity contribution in [1.29, 1.82) is 0 Å². The SMILES string of the molecule is COc1ccc(C(C)(C)C)cc1NC(=O)COC(C)(C)C. The molecule has 0 bridgehead atoms. The number of carbonyl (C=O) groups is 1. The fraction of sp³-hybridized carbons (Fsp3) is 0.588. The molecule has 1 rings (SSSR count). The highest BCUT2D eigenvalue weighted by Gasteiger charge is 2.18. The molecule has 0 aliphatic carbocycles. The van der Waals surface area contributed by atoms with Crippen LogP contribution in [0.3, 0.4) is 0 Å². The van der Waals surface area contributed by atoms with Crippen molar-refractivity contribution in [2.45, 2.75) is 52.6 Å². The maximum absolute atomic E-state index is 12.0. The van der Waals surface area contributed by atoms with Crippen molar-refractivity contribution in [3.63, 3.8) is 0 Å². The number of methoxy groups -OCH3 is 1. The summed E-state index contributed by atoms with van der Waals surface area (Å²) in [5.74, 6) is 0.460. The minimum atomic E-state index is -0.339. The molecule has 1 N–H and O–H groups in total. The Hall–Kier alpha value is -1.55. The normalized spacial score (nSPS) is 12.1. The lowest BCUT2D eigenvalue weighted by molar-refractivity contribution is -0.125. The van der Waals surface area contributed by atoms with E-state index >= 15 is 0 Å². The van der Waals surface area contributed by atoms with Gasteiger partial charge in [0.05, 0.1) is 18.4 Å². The Morgan fingerprint density at radius 3 is 2.24 bits per heavy atom. The van der Waals surface area contributed by atoms with Crippen molar-refractivity contribution in [2.24, 2.45) is 0 Å². The molecular formula is C17H27NO3. The number of nitrogens with one attached hydrogen (secondary N) is 1. The number of hydrogen-bond donors (Lipinski definition) is 1. The molecule has 4 heteroatoms. The first-order valence-electron chi connectivity index (χ1n) is 7.15. The molecule has 0 radical (unpaired) electrons. The van der Waals surface area contributed by atoms with E-state index in [-0.39, 0.29) is 23.5 Å². The first kappa shape index (κ1) is 17.5. The first-order chi connectivity index (χ1) is 9.53. The largest absolute Gasteiger partial charge is 0.495 e. The zero-order valence-corrected chi connectivity index (χ0v) is 14.2. The van der Waals surface area contributed by atoms with E-state index in [0.717, 1.165) is 5.56 Å². The quantitative estimate of drug-likeness (QED) is 0.919. The van der Waals surface area contributed by atoms with E-state index in [0.29, 0.717) is 11.4 Å². The van der Waals surface area contributed by atoms with E-state index in [1.165, 1.54) is 0 Å². The molecule has 4 nitrogen and oxygen atoms in total. The summed E-state index contributed by atoms with van der Waals surface area (Å²) in [5, 5.41) is 2.86. The standard InChI is InChI=1S/C17H27NO3/c1-16(2,3)12-8-9-14(20-7)13(10-12)18-15(19)11-21-17(4,5)6/h8-10H,11H2,1-7H3,(H,18,19). The molecule has 0 saturated carbocycles. The van der Waals surface area contributed by atoms with Gasteiger partial charge in [0.1, 0.15) is 12.4 Å². The van der Waals surface area contributed by atoms with Crippen molar-refractivity contribution in [2.75, 3.05) is 19.0 Å². The van der Waals surface area contributed by atoms with Crippen LogP contribution in [0.5, 0.6) is 5.75 Å². The van der Waals surface area contributed by atoms with Crippen molar-refractivity contribution >= 4 is 11.6 Å². The molecule has 0 atom stereocenters. The Labute approximate surface area is 127 Å². The molecule has 1 amide bonds. The van der Waals surface area contributed by atoms with Crippen LogP contribution in [0, 0.1) is 0 Å². The third kappa shape index (κ3) is 5.76. The van der Waals surface area contributed by atoms with Crippen LogP contribution >= 0.6 is 0 Å². The number of rotatable bonds is 4. The smallest absolute Gasteiger partial charge is 0.250 e. The van der Waals surface area contributed by atoms with E-state index in [2.05, 4.69) is 26.1 Å². The Morgan fingerprint density at radius 2 is 1.76 bits per heavy atom. The molecule has 0 unspecified atom stereocenters. The van der Waals surface area contributed by atoms with Gasteiger partial charge in [0.2, 0.25) is 5.91 Å². The second-order valence-electron chi connectivity index (χ2n) is 7.11. The summed E-state index contributed by atoms with van der Waals surface area (Å²) in [4.78, 5) is 12.0. The van der Waals surface area contributed by atoms with Crippen molar-refractivity contribution in [1.82, 2.24) is 0 Å². The topological polar surface area (TPSA) is 47.6 Å². The lowest BCUT2D eigenvalue weighted by Crippen LogP contribution is -2.27. The second-order valence-corrected chi connectivity index (χ2v) is 7.11. The van der Waals surface area contributed by atoms with Crippen LogP contribution in [0.4, 0.5) is 5.69 Å². The third-order valence-electron chi connectivity index (χ3n) is 2.98. The molecule has 1 aromatic rings. The highest BCUT2D eigenvalue weighted by molar-refractivity contribution is 5.93. The molecule has 0 spiro atoms. The molecule has 0 fully saturated rings. The number of carbonyl (C=O) groups excluding carboxylic acids is 1. The van der Waals surface area contributed by atoms with Gasteiger partial charge >= 0.3 is 0 Å². The lowest BCUT2D eigenvalue weighted by Gasteiger charge is -2.22. The molecular weight excluding hydrogens is 266 g/mol. The number of amides is 1. The number of ether oxygens (including phenoxy) is 2. The van der Waals surface area contributed by atoms with Gasteiger partial charge in [0, 0.05) is 0 Å². The minimum Gasteiger partial charge on any atom is -0.495 e. The van der Waals surface area contributed by atoms with Crippen LogP contribution in [0.2, 0.25) is 0 Å². The van der Waals surface area contributed by atoms with Gasteiger partial charge in [0.25, 0.3) is 0 Å². The van der Waals surface area contributed by atoms with Crippen LogP contribution in [-0.2, 0) is 14.9 Å².